The number of hydrogen-bond donors (Lipinski definition) is 1. The zero-order chi connectivity index (χ0) is 22.7. The van der Waals surface area contributed by atoms with E-state index in [4.69, 9.17) is 14.2 Å². The minimum atomic E-state index is -0.342. The lowest BCUT2D eigenvalue weighted by Gasteiger charge is -2.42. The highest BCUT2D eigenvalue weighted by Gasteiger charge is 2.39. The van der Waals surface area contributed by atoms with Gasteiger partial charge in [-0.1, -0.05) is 6.07 Å². The molecule has 2 aliphatic heterocycles. The van der Waals surface area contributed by atoms with Gasteiger partial charge in [0.15, 0.2) is 0 Å². The van der Waals surface area contributed by atoms with Crippen LogP contribution in [0, 0.1) is 0 Å². The van der Waals surface area contributed by atoms with Gasteiger partial charge in [-0.05, 0) is 42.5 Å². The van der Waals surface area contributed by atoms with E-state index in [0.717, 1.165) is 4.88 Å². The molecule has 0 spiro atoms. The summed E-state index contributed by atoms with van der Waals surface area (Å²) in [7, 11) is 3.11. The van der Waals surface area contributed by atoms with Gasteiger partial charge in [-0.15, -0.1) is 11.3 Å². The van der Waals surface area contributed by atoms with E-state index in [2.05, 4.69) is 5.32 Å². The monoisotopic (exact) mass is 458 g/mol. The van der Waals surface area contributed by atoms with Crippen LogP contribution in [0.1, 0.15) is 34.5 Å². The molecule has 1 fully saturated rings. The Labute approximate surface area is 190 Å². The quantitative estimate of drug-likeness (QED) is 0.693. The van der Waals surface area contributed by atoms with E-state index in [0.29, 0.717) is 29.8 Å². The Kier molecular flexibility index (Phi) is 6.76. The van der Waals surface area contributed by atoms with Gasteiger partial charge in [-0.3, -0.25) is 14.4 Å². The molecule has 0 bridgehead atoms. The van der Waals surface area contributed by atoms with E-state index >= 15 is 0 Å². The fraction of sp³-hybridized carbons (Fsp3) is 0.435. The second-order valence-electron chi connectivity index (χ2n) is 7.96. The number of likely N-dealkylation sites (N-methyl/N-ethyl adjacent to an activating group) is 1. The fourth-order valence-corrected chi connectivity index (χ4v) is 4.85. The topological polar surface area (TPSA) is 94.2 Å². The Bertz CT molecular complexity index is 992. The summed E-state index contributed by atoms with van der Waals surface area (Å²) in [5.74, 6) is -0.213. The summed E-state index contributed by atoms with van der Waals surface area (Å²) in [6.45, 7) is 0.261. The van der Waals surface area contributed by atoms with Crippen molar-refractivity contribution in [3.8, 4) is 5.75 Å². The van der Waals surface area contributed by atoms with E-state index in [1.54, 1.807) is 30.1 Å². The molecule has 2 aromatic rings. The van der Waals surface area contributed by atoms with Gasteiger partial charge in [0.1, 0.15) is 18.5 Å². The van der Waals surface area contributed by atoms with Crippen molar-refractivity contribution in [2.45, 2.75) is 43.9 Å². The normalized spacial score (nSPS) is 22.6. The van der Waals surface area contributed by atoms with Crippen LogP contribution < -0.4 is 10.1 Å². The molecule has 0 radical (unpaired) electrons. The first-order valence-electron chi connectivity index (χ1n) is 10.5. The number of ether oxygens (including phenoxy) is 3. The summed E-state index contributed by atoms with van der Waals surface area (Å²) in [6, 6.07) is 8.72. The van der Waals surface area contributed by atoms with Gasteiger partial charge in [0.05, 0.1) is 37.7 Å². The molecule has 1 N–H and O–H groups in total. The molecular formula is C23H26N2O6S. The van der Waals surface area contributed by atoms with Gasteiger partial charge in [0, 0.05) is 17.6 Å². The number of amides is 2. The third-order valence-electron chi connectivity index (χ3n) is 5.83. The predicted octanol–water partition coefficient (Wildman–Crippen LogP) is 2.87. The van der Waals surface area contributed by atoms with Gasteiger partial charge < -0.3 is 24.4 Å². The van der Waals surface area contributed by atoms with Crippen molar-refractivity contribution in [3.05, 3.63) is 46.2 Å². The number of benzene rings is 1. The first-order valence-corrected chi connectivity index (χ1v) is 11.4. The molecule has 3 heterocycles. The maximum atomic E-state index is 13.2. The number of rotatable bonds is 5. The van der Waals surface area contributed by atoms with E-state index in [1.165, 1.54) is 18.4 Å². The zero-order valence-corrected chi connectivity index (χ0v) is 18.9. The number of hydrogen-bond acceptors (Lipinski definition) is 7. The molecule has 1 saturated heterocycles. The number of anilines is 1. The molecule has 4 rings (SSSR count). The summed E-state index contributed by atoms with van der Waals surface area (Å²) in [5, 5.41) is 4.79. The van der Waals surface area contributed by atoms with Gasteiger partial charge in [-0.2, -0.15) is 0 Å². The summed E-state index contributed by atoms with van der Waals surface area (Å²) < 4.78 is 16.8. The summed E-state index contributed by atoms with van der Waals surface area (Å²) in [5.41, 5.74) is 0.947. The van der Waals surface area contributed by atoms with Crippen molar-refractivity contribution in [1.29, 1.82) is 0 Å². The summed E-state index contributed by atoms with van der Waals surface area (Å²) >= 11 is 1.53. The number of esters is 1. The highest BCUT2D eigenvalue weighted by molar-refractivity contribution is 7.10. The van der Waals surface area contributed by atoms with Gasteiger partial charge in [-0.25, -0.2) is 0 Å². The lowest BCUT2D eigenvalue weighted by atomic mass is 9.94. The number of methoxy groups -OCH3 is 1. The van der Waals surface area contributed by atoms with E-state index in [1.807, 2.05) is 17.5 Å². The van der Waals surface area contributed by atoms with Gasteiger partial charge in [0.25, 0.3) is 5.91 Å². The Hall–Kier alpha value is -2.91. The molecular weight excluding hydrogens is 432 g/mol. The van der Waals surface area contributed by atoms with Crippen molar-refractivity contribution in [3.63, 3.8) is 0 Å². The Morgan fingerprint density at radius 2 is 2.12 bits per heavy atom. The molecule has 1 aromatic carbocycles. The molecule has 2 aliphatic rings. The predicted molar refractivity (Wildman–Crippen MR) is 119 cm³/mol. The number of carbonyl (C=O) groups excluding carboxylic acids is 3. The molecule has 8 nitrogen and oxygen atoms in total. The van der Waals surface area contributed by atoms with Crippen molar-refractivity contribution in [1.82, 2.24) is 4.90 Å². The van der Waals surface area contributed by atoms with Crippen LogP contribution in [0.3, 0.4) is 0 Å². The van der Waals surface area contributed by atoms with Crippen LogP contribution in [-0.4, -0.2) is 61.7 Å². The summed E-state index contributed by atoms with van der Waals surface area (Å²) in [4.78, 5) is 39.9. The highest BCUT2D eigenvalue weighted by atomic mass is 32.1. The van der Waals surface area contributed by atoms with Crippen LogP contribution in [0.25, 0.3) is 0 Å². The smallest absolute Gasteiger partial charge is 0.308 e. The standard InChI is InChI=1S/C23H26N2O6S/c1-25-18-7-6-15(11-22(27)29-2)31-20(18)13-30-19-8-5-14(10-17(19)23(25)28)24-21(26)12-16-4-3-9-32-16/h3-5,8-10,15,18,20H,6-7,11-13H2,1-2H3,(H,24,26)/t15-,18-,20-/m0/s1. The van der Waals surface area contributed by atoms with E-state index < -0.39 is 0 Å². The Morgan fingerprint density at radius 3 is 2.88 bits per heavy atom. The maximum Gasteiger partial charge on any atom is 0.308 e. The van der Waals surface area contributed by atoms with E-state index in [-0.39, 0.29) is 55.5 Å². The first-order chi connectivity index (χ1) is 15.4. The molecule has 0 aliphatic carbocycles. The van der Waals surface area contributed by atoms with Crippen LogP contribution in [0.4, 0.5) is 5.69 Å². The zero-order valence-electron chi connectivity index (χ0n) is 18.0. The molecule has 3 atom stereocenters. The number of fused-ring (bicyclic) bond motifs is 2. The van der Waals surface area contributed by atoms with Crippen molar-refractivity contribution in [2.24, 2.45) is 0 Å². The third-order valence-corrected chi connectivity index (χ3v) is 6.71. The van der Waals surface area contributed by atoms with E-state index in [9.17, 15) is 14.4 Å². The van der Waals surface area contributed by atoms with Crippen LogP contribution in [-0.2, 0) is 25.5 Å². The minimum Gasteiger partial charge on any atom is -0.490 e. The average molecular weight is 459 g/mol. The summed E-state index contributed by atoms with van der Waals surface area (Å²) in [6.07, 6.45) is 1.22. The second-order valence-corrected chi connectivity index (χ2v) is 9.00. The molecule has 170 valence electrons. The number of nitrogens with zero attached hydrogens (tertiary/aromatic N) is 1. The van der Waals surface area contributed by atoms with Gasteiger partial charge in [0.2, 0.25) is 5.91 Å². The lowest BCUT2D eigenvalue weighted by Crippen LogP contribution is -2.53. The molecule has 2 amide bonds. The molecule has 32 heavy (non-hydrogen) atoms. The van der Waals surface area contributed by atoms with Crippen LogP contribution in [0.15, 0.2) is 35.7 Å². The lowest BCUT2D eigenvalue weighted by molar-refractivity contribution is -0.151. The van der Waals surface area contributed by atoms with Gasteiger partial charge >= 0.3 is 5.97 Å². The van der Waals surface area contributed by atoms with Crippen LogP contribution in [0.2, 0.25) is 0 Å². The van der Waals surface area contributed by atoms with Crippen LogP contribution in [0.5, 0.6) is 5.75 Å². The third kappa shape index (κ3) is 4.94. The molecule has 1 aromatic heterocycles. The SMILES string of the molecule is COC(=O)C[C@@H]1CC[C@H]2[C@H](COc3ccc(NC(=O)Cc4cccs4)cc3C(=O)N2C)O1. The number of thiophene rings is 1. The number of carbonyl (C=O) groups is 3. The first kappa shape index (κ1) is 22.3. The number of nitrogens with one attached hydrogen (secondary N) is 1. The van der Waals surface area contributed by atoms with Crippen molar-refractivity contribution in [2.75, 3.05) is 26.1 Å². The average Bonchev–Trinajstić information content (AvgIpc) is 3.29. The van der Waals surface area contributed by atoms with Crippen molar-refractivity contribution >= 4 is 34.8 Å². The molecule has 0 unspecified atom stereocenters. The fourth-order valence-electron chi connectivity index (χ4n) is 4.15. The Balaban J connectivity index is 1.48. The minimum absolute atomic E-state index is 0.141. The Morgan fingerprint density at radius 1 is 1.28 bits per heavy atom. The highest BCUT2D eigenvalue weighted by Crippen LogP contribution is 2.32. The van der Waals surface area contributed by atoms with Crippen LogP contribution >= 0.6 is 11.3 Å². The second kappa shape index (κ2) is 9.70. The largest absolute Gasteiger partial charge is 0.490 e. The maximum absolute atomic E-state index is 13.2. The molecule has 0 saturated carbocycles. The van der Waals surface area contributed by atoms with Crippen molar-refractivity contribution < 1.29 is 28.6 Å². The molecule has 9 heteroatoms.